The van der Waals surface area contributed by atoms with Crippen molar-refractivity contribution >= 4 is 29.7 Å². The van der Waals surface area contributed by atoms with Crippen molar-refractivity contribution in [1.29, 1.82) is 10.5 Å². The predicted octanol–water partition coefficient (Wildman–Crippen LogP) is 2.54. The molecule has 0 saturated carbocycles. The molecule has 1 aromatic carbocycles. The molecule has 3 heterocycles. The normalized spacial score (nSPS) is 15.6. The summed E-state index contributed by atoms with van der Waals surface area (Å²) in [4.78, 5) is 46.6. The van der Waals surface area contributed by atoms with Gasteiger partial charge in [0.1, 0.15) is 12.1 Å². The lowest BCUT2D eigenvalue weighted by Gasteiger charge is -2.19. The number of aliphatic hydroxyl groups excluding tert-OH is 1. The summed E-state index contributed by atoms with van der Waals surface area (Å²) in [6, 6.07) is 6.16. The SMILES string of the molecule is CCOC(=O)C(Cn1cc(C#N)cn1)OC(=O)Nc1c2c(cc3c1CCC3)CCC2.CCOC(=O)C(O)Cn1cc(C#N)cn1.CCOC(=O)C1CO1. The number of amides is 1. The second-order valence-corrected chi connectivity index (χ2v) is 12.0. The third-order valence-corrected chi connectivity index (χ3v) is 8.18. The quantitative estimate of drug-likeness (QED) is 0.155. The zero-order valence-electron chi connectivity index (χ0n) is 29.9. The average molecular weight is 734 g/mol. The van der Waals surface area contributed by atoms with Gasteiger partial charge in [0, 0.05) is 12.4 Å². The van der Waals surface area contributed by atoms with Crippen molar-refractivity contribution in [3.8, 4) is 12.1 Å². The number of nitrogens with zero attached hydrogens (tertiary/aromatic N) is 6. The molecule has 3 unspecified atom stereocenters. The van der Waals surface area contributed by atoms with E-state index >= 15 is 0 Å². The monoisotopic (exact) mass is 733 g/mol. The summed E-state index contributed by atoms with van der Waals surface area (Å²) in [5.74, 6) is -1.57. The van der Waals surface area contributed by atoms with Crippen molar-refractivity contribution in [3.05, 3.63) is 64.2 Å². The summed E-state index contributed by atoms with van der Waals surface area (Å²) >= 11 is 0. The standard InChI is InChI=1S/C22H24N4O4.C9H11N3O3.C5H8O3/c1-2-29-21(27)19(13-26-12-14(10-23)11-24-26)30-22(28)25-20-17-7-3-5-15(17)9-16-6-4-8-18(16)20;1-2-15-9(14)8(13)6-12-5-7(3-10)4-11-12;1-2-7-5(6)4-3-8-4/h9,11-12,19H,2-8,13H2,1H3,(H,25,28);4-5,8,13H,2,6H2,1H3;4H,2-3H2,1H3. The van der Waals surface area contributed by atoms with Crippen molar-refractivity contribution in [2.75, 3.05) is 31.7 Å². The molecule has 3 aliphatic rings. The minimum Gasteiger partial charge on any atom is -0.464 e. The third-order valence-electron chi connectivity index (χ3n) is 8.18. The molecule has 2 N–H and O–H groups in total. The Morgan fingerprint density at radius 2 is 1.40 bits per heavy atom. The average Bonchev–Trinajstić information content (AvgIpc) is 3.52. The molecule has 1 aliphatic heterocycles. The van der Waals surface area contributed by atoms with E-state index in [9.17, 15) is 24.3 Å². The van der Waals surface area contributed by atoms with Crippen LogP contribution in [0.3, 0.4) is 0 Å². The Balaban J connectivity index is 0.000000225. The van der Waals surface area contributed by atoms with Crippen molar-refractivity contribution in [2.45, 2.75) is 90.7 Å². The number of carbonyl (C=O) groups is 4. The molecule has 3 aromatic rings. The highest BCUT2D eigenvalue weighted by atomic mass is 16.6. The number of hydrogen-bond acceptors (Lipinski definition) is 14. The Bertz CT molecular complexity index is 1800. The van der Waals surface area contributed by atoms with Crippen LogP contribution in [-0.2, 0) is 76.8 Å². The van der Waals surface area contributed by atoms with Gasteiger partial charge >= 0.3 is 24.0 Å². The molecule has 1 amide bonds. The van der Waals surface area contributed by atoms with E-state index in [1.54, 1.807) is 20.8 Å². The number of esters is 3. The molecule has 1 fully saturated rings. The number of ether oxygens (including phenoxy) is 5. The molecule has 0 radical (unpaired) electrons. The summed E-state index contributed by atoms with van der Waals surface area (Å²) in [5, 5.41) is 37.6. The zero-order chi connectivity index (χ0) is 38.3. The summed E-state index contributed by atoms with van der Waals surface area (Å²) in [5.41, 5.74) is 6.57. The van der Waals surface area contributed by atoms with E-state index < -0.39 is 30.2 Å². The first-order chi connectivity index (χ1) is 25.6. The number of fused-ring (bicyclic) bond motifs is 2. The smallest absolute Gasteiger partial charge is 0.412 e. The van der Waals surface area contributed by atoms with E-state index in [0.717, 1.165) is 44.2 Å². The minimum absolute atomic E-state index is 0.0134. The predicted molar refractivity (Wildman–Crippen MR) is 184 cm³/mol. The lowest BCUT2D eigenvalue weighted by Crippen LogP contribution is -2.35. The Labute approximate surface area is 306 Å². The molecular weight excluding hydrogens is 690 g/mol. The Morgan fingerprint density at radius 1 is 0.868 bits per heavy atom. The maximum absolute atomic E-state index is 12.8. The van der Waals surface area contributed by atoms with Crippen LogP contribution in [0, 0.1) is 22.7 Å². The van der Waals surface area contributed by atoms with Crippen LogP contribution in [-0.4, -0.2) is 93.4 Å². The molecule has 53 heavy (non-hydrogen) atoms. The first-order valence-electron chi connectivity index (χ1n) is 17.4. The van der Waals surface area contributed by atoms with Crippen molar-refractivity contribution in [3.63, 3.8) is 0 Å². The van der Waals surface area contributed by atoms with Gasteiger partial charge < -0.3 is 28.8 Å². The van der Waals surface area contributed by atoms with Crippen LogP contribution in [0.25, 0.3) is 0 Å². The van der Waals surface area contributed by atoms with Gasteiger partial charge in [0.05, 0.1) is 68.7 Å². The van der Waals surface area contributed by atoms with Crippen LogP contribution in [0.15, 0.2) is 30.9 Å². The topological polar surface area (TPSA) is 233 Å². The number of aryl methyl sites for hydroxylation is 2. The highest BCUT2D eigenvalue weighted by Crippen LogP contribution is 2.38. The van der Waals surface area contributed by atoms with Gasteiger partial charge in [0.15, 0.2) is 12.2 Å². The molecule has 2 aromatic heterocycles. The molecule has 2 aliphatic carbocycles. The summed E-state index contributed by atoms with van der Waals surface area (Å²) in [6.07, 6.45) is 8.41. The number of hydrogen-bond donors (Lipinski definition) is 2. The van der Waals surface area contributed by atoms with E-state index in [0.29, 0.717) is 24.3 Å². The van der Waals surface area contributed by atoms with Crippen LogP contribution in [0.1, 0.15) is 67.0 Å². The van der Waals surface area contributed by atoms with E-state index in [-0.39, 0.29) is 38.4 Å². The van der Waals surface area contributed by atoms with Gasteiger partial charge in [-0.05, 0) is 81.5 Å². The second kappa shape index (κ2) is 19.7. The highest BCUT2D eigenvalue weighted by molar-refractivity contribution is 5.90. The number of anilines is 1. The van der Waals surface area contributed by atoms with Gasteiger partial charge in [-0.15, -0.1) is 0 Å². The molecule has 282 valence electrons. The lowest BCUT2D eigenvalue weighted by atomic mass is 9.99. The number of nitriles is 2. The van der Waals surface area contributed by atoms with E-state index in [4.69, 9.17) is 20.0 Å². The van der Waals surface area contributed by atoms with E-state index in [1.807, 2.05) is 12.1 Å². The van der Waals surface area contributed by atoms with Gasteiger partial charge in [0.2, 0.25) is 6.10 Å². The van der Waals surface area contributed by atoms with Crippen molar-refractivity contribution < 1.29 is 48.0 Å². The molecule has 17 heteroatoms. The molecular formula is C36H43N7O10. The number of rotatable bonds is 12. The number of benzene rings is 1. The molecule has 1 saturated heterocycles. The number of epoxide rings is 1. The highest BCUT2D eigenvalue weighted by Gasteiger charge is 2.32. The van der Waals surface area contributed by atoms with Gasteiger partial charge in [-0.2, -0.15) is 20.7 Å². The number of carbonyl (C=O) groups excluding carboxylic acids is 4. The van der Waals surface area contributed by atoms with E-state index in [2.05, 4.69) is 35.8 Å². The fourth-order valence-electron chi connectivity index (χ4n) is 5.74. The number of aromatic nitrogens is 4. The second-order valence-electron chi connectivity index (χ2n) is 12.0. The summed E-state index contributed by atoms with van der Waals surface area (Å²) in [7, 11) is 0. The van der Waals surface area contributed by atoms with Crippen molar-refractivity contribution in [2.24, 2.45) is 0 Å². The maximum Gasteiger partial charge on any atom is 0.412 e. The first-order valence-corrected chi connectivity index (χ1v) is 17.4. The molecule has 0 spiro atoms. The van der Waals surface area contributed by atoms with Crippen LogP contribution in [0.2, 0.25) is 0 Å². The number of aliphatic hydroxyl groups is 1. The van der Waals surface area contributed by atoms with Gasteiger partial charge in [-0.3, -0.25) is 14.7 Å². The molecule has 0 bridgehead atoms. The Hall–Kier alpha value is -5.78. The zero-order valence-corrected chi connectivity index (χ0v) is 29.9. The van der Waals surface area contributed by atoms with Gasteiger partial charge in [0.25, 0.3) is 0 Å². The largest absolute Gasteiger partial charge is 0.464 e. The van der Waals surface area contributed by atoms with Crippen molar-refractivity contribution in [1.82, 2.24) is 19.6 Å². The number of nitrogens with one attached hydrogen (secondary N) is 1. The van der Waals surface area contributed by atoms with Gasteiger partial charge in [-0.1, -0.05) is 6.07 Å². The van der Waals surface area contributed by atoms with Crippen LogP contribution >= 0.6 is 0 Å². The summed E-state index contributed by atoms with van der Waals surface area (Å²) < 4.78 is 27.1. The van der Waals surface area contributed by atoms with E-state index in [1.165, 1.54) is 56.4 Å². The fourth-order valence-corrected chi connectivity index (χ4v) is 5.74. The fraction of sp³-hybridized carbons (Fsp3) is 0.500. The first kappa shape index (κ1) is 40.0. The lowest BCUT2D eigenvalue weighted by molar-refractivity contribution is -0.154. The third kappa shape index (κ3) is 11.6. The molecule has 17 nitrogen and oxygen atoms in total. The molecule has 3 atom stereocenters. The van der Waals surface area contributed by atoms with Crippen LogP contribution < -0.4 is 5.32 Å². The summed E-state index contributed by atoms with van der Waals surface area (Å²) in [6.45, 7) is 6.46. The molecule has 6 rings (SSSR count). The van der Waals surface area contributed by atoms with Crippen LogP contribution in [0.4, 0.5) is 10.5 Å². The van der Waals surface area contributed by atoms with Gasteiger partial charge in [-0.25, -0.2) is 19.2 Å². The maximum atomic E-state index is 12.8. The Kier molecular flexibility index (Phi) is 14.9. The van der Waals surface area contributed by atoms with Crippen LogP contribution in [0.5, 0.6) is 0 Å². The minimum atomic E-state index is -1.25. The Morgan fingerprint density at radius 3 is 1.89 bits per heavy atom.